The van der Waals surface area contributed by atoms with E-state index in [-0.39, 0.29) is 36.4 Å². The summed E-state index contributed by atoms with van der Waals surface area (Å²) in [5, 5.41) is 6.96. The van der Waals surface area contributed by atoms with Crippen molar-refractivity contribution in [2.24, 2.45) is 4.99 Å². The van der Waals surface area contributed by atoms with Gasteiger partial charge in [0.25, 0.3) is 0 Å². The molecule has 23 heavy (non-hydrogen) atoms. The first kappa shape index (κ1) is 20.0. The van der Waals surface area contributed by atoms with Crippen LogP contribution >= 0.6 is 35.6 Å². The number of benzene rings is 1. The minimum absolute atomic E-state index is 0. The number of likely N-dealkylation sites (tertiary alicyclic amines) is 1. The summed E-state index contributed by atoms with van der Waals surface area (Å²) in [6.07, 6.45) is 3.43. The van der Waals surface area contributed by atoms with Gasteiger partial charge in [-0.05, 0) is 37.0 Å². The van der Waals surface area contributed by atoms with Crippen molar-refractivity contribution < 1.29 is 4.79 Å². The molecule has 1 fully saturated rings. The molecule has 0 bridgehead atoms. The van der Waals surface area contributed by atoms with Crippen LogP contribution in [0.5, 0.6) is 0 Å². The van der Waals surface area contributed by atoms with Gasteiger partial charge >= 0.3 is 0 Å². The highest BCUT2D eigenvalue weighted by atomic mass is 127. The molecule has 1 aliphatic rings. The number of aliphatic imine (C=N–C) groups is 1. The summed E-state index contributed by atoms with van der Waals surface area (Å²) >= 11 is 5.96. The zero-order valence-corrected chi connectivity index (χ0v) is 16.4. The molecule has 2 N–H and O–H groups in total. The lowest BCUT2D eigenvalue weighted by Crippen LogP contribution is -2.45. The molecule has 0 aliphatic carbocycles. The molecule has 0 radical (unpaired) electrons. The van der Waals surface area contributed by atoms with Crippen LogP contribution in [-0.4, -0.2) is 43.4 Å². The number of nitrogens with one attached hydrogen (secondary N) is 2. The highest BCUT2D eigenvalue weighted by molar-refractivity contribution is 14.0. The highest BCUT2D eigenvalue weighted by Gasteiger charge is 2.16. The molecular formula is C16H24ClIN4O. The molecule has 2 rings (SSSR count). The largest absolute Gasteiger partial charge is 0.352 e. The third kappa shape index (κ3) is 6.95. The molecule has 1 aliphatic heterocycles. The smallest absolute Gasteiger partial charge is 0.241 e. The number of carbonyl (C=O) groups excluding carboxylic acids is 1. The van der Waals surface area contributed by atoms with Crippen LogP contribution < -0.4 is 10.6 Å². The standard InChI is InChI=1S/C16H23ClN4O.HI/c1-18-16(19-11-13-6-5-7-14(17)10-13)20-12-15(22)21-8-3-2-4-9-21;/h5-7,10H,2-4,8-9,11-12H2,1H3,(H2,18,19,20);1H. The van der Waals surface area contributed by atoms with Crippen molar-refractivity contribution in [3.63, 3.8) is 0 Å². The molecular weight excluding hydrogens is 427 g/mol. The van der Waals surface area contributed by atoms with Crippen LogP contribution in [0.3, 0.4) is 0 Å². The Morgan fingerprint density at radius 2 is 2.00 bits per heavy atom. The quantitative estimate of drug-likeness (QED) is 0.421. The molecule has 0 saturated carbocycles. The van der Waals surface area contributed by atoms with Gasteiger partial charge in [-0.3, -0.25) is 9.79 Å². The van der Waals surface area contributed by atoms with Gasteiger partial charge in [0.2, 0.25) is 5.91 Å². The molecule has 1 saturated heterocycles. The number of guanidine groups is 1. The molecule has 7 heteroatoms. The first-order valence-corrected chi connectivity index (χ1v) is 8.03. The monoisotopic (exact) mass is 450 g/mol. The fourth-order valence-electron chi connectivity index (χ4n) is 2.47. The van der Waals surface area contributed by atoms with Crippen molar-refractivity contribution in [1.82, 2.24) is 15.5 Å². The van der Waals surface area contributed by atoms with Gasteiger partial charge < -0.3 is 15.5 Å². The van der Waals surface area contributed by atoms with Crippen LogP contribution in [0.25, 0.3) is 0 Å². The predicted octanol–water partition coefficient (Wildman–Crippen LogP) is 2.64. The first-order valence-electron chi connectivity index (χ1n) is 7.66. The number of hydrogen-bond acceptors (Lipinski definition) is 2. The molecule has 1 aromatic carbocycles. The fraction of sp³-hybridized carbons (Fsp3) is 0.500. The summed E-state index contributed by atoms with van der Waals surface area (Å²) in [4.78, 5) is 18.2. The summed E-state index contributed by atoms with van der Waals surface area (Å²) < 4.78 is 0. The van der Waals surface area contributed by atoms with Gasteiger partial charge in [0.05, 0.1) is 6.54 Å². The van der Waals surface area contributed by atoms with E-state index in [0.29, 0.717) is 17.5 Å². The summed E-state index contributed by atoms with van der Waals surface area (Å²) in [5.74, 6) is 0.746. The lowest BCUT2D eigenvalue weighted by atomic mass is 10.1. The second-order valence-electron chi connectivity index (χ2n) is 5.35. The Morgan fingerprint density at radius 1 is 1.26 bits per heavy atom. The predicted molar refractivity (Wildman–Crippen MR) is 105 cm³/mol. The summed E-state index contributed by atoms with van der Waals surface area (Å²) in [6, 6.07) is 7.65. The van der Waals surface area contributed by atoms with Gasteiger partial charge in [-0.2, -0.15) is 0 Å². The van der Waals surface area contributed by atoms with Crippen LogP contribution in [-0.2, 0) is 11.3 Å². The first-order chi connectivity index (χ1) is 10.7. The van der Waals surface area contributed by atoms with E-state index in [1.165, 1.54) is 6.42 Å². The van der Waals surface area contributed by atoms with Gasteiger partial charge in [-0.15, -0.1) is 24.0 Å². The summed E-state index contributed by atoms with van der Waals surface area (Å²) in [7, 11) is 1.69. The van der Waals surface area contributed by atoms with Crippen LogP contribution in [0, 0.1) is 0 Å². The zero-order chi connectivity index (χ0) is 15.8. The molecule has 0 aromatic heterocycles. The molecule has 1 aromatic rings. The Hall–Kier alpha value is -1.02. The average Bonchev–Trinajstić information content (AvgIpc) is 2.55. The maximum Gasteiger partial charge on any atom is 0.241 e. The van der Waals surface area contributed by atoms with Crippen molar-refractivity contribution in [3.8, 4) is 0 Å². The van der Waals surface area contributed by atoms with E-state index in [9.17, 15) is 4.79 Å². The maximum absolute atomic E-state index is 12.1. The summed E-state index contributed by atoms with van der Waals surface area (Å²) in [5.41, 5.74) is 1.07. The van der Waals surface area contributed by atoms with E-state index in [1.54, 1.807) is 7.05 Å². The number of nitrogens with zero attached hydrogens (tertiary/aromatic N) is 2. The lowest BCUT2D eigenvalue weighted by Gasteiger charge is -2.27. The summed E-state index contributed by atoms with van der Waals surface area (Å²) in [6.45, 7) is 2.62. The average molecular weight is 451 g/mol. The molecule has 1 amide bonds. The number of rotatable bonds is 4. The van der Waals surface area contributed by atoms with Crippen LogP contribution in [0.1, 0.15) is 24.8 Å². The van der Waals surface area contributed by atoms with Gasteiger partial charge in [0.15, 0.2) is 5.96 Å². The molecule has 0 spiro atoms. The van der Waals surface area contributed by atoms with E-state index in [0.717, 1.165) is 31.5 Å². The van der Waals surface area contributed by atoms with Gasteiger partial charge in [-0.25, -0.2) is 0 Å². The molecule has 1 heterocycles. The highest BCUT2D eigenvalue weighted by Crippen LogP contribution is 2.10. The van der Waals surface area contributed by atoms with Crippen molar-refractivity contribution >= 4 is 47.4 Å². The Morgan fingerprint density at radius 3 is 2.65 bits per heavy atom. The second kappa shape index (κ2) is 10.7. The minimum Gasteiger partial charge on any atom is -0.352 e. The number of hydrogen-bond donors (Lipinski definition) is 2. The number of amides is 1. The number of piperidine rings is 1. The second-order valence-corrected chi connectivity index (χ2v) is 5.79. The van der Waals surface area contributed by atoms with Crippen molar-refractivity contribution in [2.75, 3.05) is 26.7 Å². The Labute approximate surface area is 159 Å². The van der Waals surface area contributed by atoms with E-state index in [2.05, 4.69) is 15.6 Å². The van der Waals surface area contributed by atoms with Crippen LogP contribution in [0.2, 0.25) is 5.02 Å². The van der Waals surface area contributed by atoms with E-state index in [1.807, 2.05) is 29.2 Å². The third-order valence-electron chi connectivity index (χ3n) is 3.69. The molecule has 5 nitrogen and oxygen atoms in total. The molecule has 128 valence electrons. The normalized spacial score (nSPS) is 14.9. The van der Waals surface area contributed by atoms with E-state index in [4.69, 9.17) is 11.6 Å². The van der Waals surface area contributed by atoms with Gasteiger partial charge in [-0.1, -0.05) is 23.7 Å². The Bertz CT molecular complexity index is 533. The molecule has 0 atom stereocenters. The van der Waals surface area contributed by atoms with Crippen LogP contribution in [0.15, 0.2) is 29.3 Å². The Balaban J connectivity index is 0.00000264. The zero-order valence-electron chi connectivity index (χ0n) is 13.3. The Kier molecular flexibility index (Phi) is 9.31. The van der Waals surface area contributed by atoms with E-state index >= 15 is 0 Å². The van der Waals surface area contributed by atoms with Crippen LogP contribution in [0.4, 0.5) is 0 Å². The van der Waals surface area contributed by atoms with Gasteiger partial charge in [0.1, 0.15) is 0 Å². The van der Waals surface area contributed by atoms with Crippen molar-refractivity contribution in [1.29, 1.82) is 0 Å². The van der Waals surface area contributed by atoms with E-state index < -0.39 is 0 Å². The number of carbonyl (C=O) groups is 1. The minimum atomic E-state index is 0. The number of halogens is 2. The van der Waals surface area contributed by atoms with Crippen molar-refractivity contribution in [3.05, 3.63) is 34.9 Å². The molecule has 0 unspecified atom stereocenters. The fourth-order valence-corrected chi connectivity index (χ4v) is 2.68. The van der Waals surface area contributed by atoms with Crippen molar-refractivity contribution in [2.45, 2.75) is 25.8 Å². The topological polar surface area (TPSA) is 56.7 Å². The van der Waals surface area contributed by atoms with Gasteiger partial charge in [0, 0.05) is 31.7 Å². The SMILES string of the molecule is CN=C(NCC(=O)N1CCCCC1)NCc1cccc(Cl)c1.I. The lowest BCUT2D eigenvalue weighted by molar-refractivity contribution is -0.130. The maximum atomic E-state index is 12.1. The third-order valence-corrected chi connectivity index (χ3v) is 3.92.